The Balaban J connectivity index is 2.10. The van der Waals surface area contributed by atoms with Crippen molar-refractivity contribution in [3.63, 3.8) is 0 Å². The van der Waals surface area contributed by atoms with Crippen LogP contribution in [0.4, 0.5) is 0 Å². The molecule has 1 aliphatic carbocycles. The van der Waals surface area contributed by atoms with Crippen LogP contribution in [0.15, 0.2) is 43.0 Å². The van der Waals surface area contributed by atoms with Crippen LogP contribution >= 0.6 is 0 Å². The van der Waals surface area contributed by atoms with E-state index in [0.29, 0.717) is 0 Å². The van der Waals surface area contributed by atoms with Gasteiger partial charge in [0.1, 0.15) is 0 Å². The van der Waals surface area contributed by atoms with Crippen LogP contribution in [0.2, 0.25) is 0 Å². The van der Waals surface area contributed by atoms with Crippen LogP contribution in [-0.2, 0) is 10.8 Å². The molecule has 2 N–H and O–H groups in total. The molecule has 1 aliphatic rings. The summed E-state index contributed by atoms with van der Waals surface area (Å²) in [5.41, 5.74) is 6.27. The van der Waals surface area contributed by atoms with Crippen LogP contribution in [0.3, 0.4) is 0 Å². The van der Waals surface area contributed by atoms with Crippen molar-refractivity contribution in [2.45, 2.75) is 58.0 Å². The Morgan fingerprint density at radius 3 is 2.15 bits per heavy atom. The molecule has 1 atom stereocenters. The molecule has 142 valence electrons. The number of aliphatic hydroxyl groups is 1. The summed E-state index contributed by atoms with van der Waals surface area (Å²) in [6.07, 6.45) is 0.340. The summed E-state index contributed by atoms with van der Waals surface area (Å²) in [5, 5.41) is 19.8. The Labute approximate surface area is 161 Å². The maximum Gasteiger partial charge on any atom is 0.335 e. The number of fused-ring (bicyclic) bond motifs is 1. The third-order valence-electron chi connectivity index (χ3n) is 6.13. The fraction of sp³-hybridized carbons (Fsp3) is 0.375. The summed E-state index contributed by atoms with van der Waals surface area (Å²) in [7, 11) is 0. The van der Waals surface area contributed by atoms with E-state index in [1.165, 1.54) is 11.1 Å². The molecule has 0 radical (unpaired) electrons. The van der Waals surface area contributed by atoms with Gasteiger partial charge in [0.15, 0.2) is 0 Å². The van der Waals surface area contributed by atoms with Gasteiger partial charge in [0.05, 0.1) is 11.7 Å². The molecule has 0 unspecified atom stereocenters. The second kappa shape index (κ2) is 6.35. The van der Waals surface area contributed by atoms with Gasteiger partial charge in [0.25, 0.3) is 0 Å². The second-order valence-electron chi connectivity index (χ2n) is 8.90. The van der Waals surface area contributed by atoms with Crippen molar-refractivity contribution < 1.29 is 15.0 Å². The van der Waals surface area contributed by atoms with E-state index in [-0.39, 0.29) is 22.5 Å². The van der Waals surface area contributed by atoms with Gasteiger partial charge in [-0.2, -0.15) is 0 Å². The van der Waals surface area contributed by atoms with E-state index >= 15 is 0 Å². The van der Waals surface area contributed by atoms with Gasteiger partial charge in [-0.3, -0.25) is 0 Å². The minimum atomic E-state index is -0.931. The predicted molar refractivity (Wildman–Crippen MR) is 109 cm³/mol. The molecule has 0 fully saturated rings. The van der Waals surface area contributed by atoms with Crippen molar-refractivity contribution in [3.05, 3.63) is 76.4 Å². The normalized spacial score (nSPS) is 20.0. The number of carboxylic acids is 1. The molecule has 0 aromatic heterocycles. The lowest BCUT2D eigenvalue weighted by molar-refractivity contribution is 0.0582. The lowest BCUT2D eigenvalue weighted by atomic mass is 9.61. The Kier molecular flexibility index (Phi) is 4.55. The molecule has 3 heteroatoms. The summed E-state index contributed by atoms with van der Waals surface area (Å²) in [5.74, 6) is -0.931. The van der Waals surface area contributed by atoms with E-state index in [2.05, 4.69) is 53.3 Å². The predicted octanol–water partition coefficient (Wildman–Crippen LogP) is 5.07. The van der Waals surface area contributed by atoms with E-state index in [1.807, 2.05) is 12.1 Å². The second-order valence-corrected chi connectivity index (χ2v) is 8.90. The Morgan fingerprint density at radius 2 is 1.59 bits per heavy atom. The highest BCUT2D eigenvalue weighted by molar-refractivity contribution is 5.89. The van der Waals surface area contributed by atoms with Crippen molar-refractivity contribution in [2.75, 3.05) is 0 Å². The Bertz CT molecular complexity index is 917. The standard InChI is InChI=1S/C24H28O3/c1-14-11-20-19(23(3,4)13-21(25)24(20,5)6)12-18(14)15(2)16-7-9-17(10-8-16)22(26)27/h7-12,21,25H,2,13H2,1,3-6H3,(H,26,27)/t21-/m1/s1. The Hall–Kier alpha value is -2.39. The molecule has 27 heavy (non-hydrogen) atoms. The molecule has 0 amide bonds. The highest BCUT2D eigenvalue weighted by atomic mass is 16.4. The van der Waals surface area contributed by atoms with Crippen LogP contribution in [0.5, 0.6) is 0 Å². The molecule has 0 heterocycles. The van der Waals surface area contributed by atoms with Crippen molar-refractivity contribution >= 4 is 11.5 Å². The quantitative estimate of drug-likeness (QED) is 0.799. The van der Waals surface area contributed by atoms with Gasteiger partial charge in [-0.1, -0.05) is 58.5 Å². The first kappa shape index (κ1) is 19.4. The maximum atomic E-state index is 11.1. The van der Waals surface area contributed by atoms with E-state index in [4.69, 9.17) is 5.11 Å². The third kappa shape index (κ3) is 3.21. The van der Waals surface area contributed by atoms with Gasteiger partial charge in [-0.25, -0.2) is 4.79 Å². The number of aliphatic hydroxyl groups excluding tert-OH is 1. The summed E-state index contributed by atoms with van der Waals surface area (Å²) >= 11 is 0. The fourth-order valence-corrected chi connectivity index (χ4v) is 4.12. The average molecular weight is 364 g/mol. The summed E-state index contributed by atoms with van der Waals surface area (Å²) in [6, 6.07) is 11.2. The first-order chi connectivity index (χ1) is 12.4. The maximum absolute atomic E-state index is 11.1. The minimum absolute atomic E-state index is 0.125. The van der Waals surface area contributed by atoms with E-state index in [1.54, 1.807) is 12.1 Å². The highest BCUT2D eigenvalue weighted by Gasteiger charge is 2.43. The Morgan fingerprint density at radius 1 is 1.04 bits per heavy atom. The lowest BCUT2D eigenvalue weighted by Gasteiger charge is -2.46. The van der Waals surface area contributed by atoms with Crippen LogP contribution in [0.1, 0.15) is 72.3 Å². The molecule has 0 bridgehead atoms. The molecule has 2 aromatic carbocycles. The molecule has 0 aliphatic heterocycles. The lowest BCUT2D eigenvalue weighted by Crippen LogP contribution is -2.45. The topological polar surface area (TPSA) is 57.5 Å². The number of hydrogen-bond acceptors (Lipinski definition) is 2. The van der Waals surface area contributed by atoms with Crippen molar-refractivity contribution in [1.29, 1.82) is 0 Å². The monoisotopic (exact) mass is 364 g/mol. The summed E-state index contributed by atoms with van der Waals surface area (Å²) in [4.78, 5) is 11.1. The first-order valence-corrected chi connectivity index (χ1v) is 9.32. The zero-order valence-electron chi connectivity index (χ0n) is 16.8. The smallest absolute Gasteiger partial charge is 0.335 e. The van der Waals surface area contributed by atoms with Gasteiger partial charge in [-0.15, -0.1) is 0 Å². The number of aryl methyl sites for hydroxylation is 1. The number of rotatable bonds is 3. The number of carbonyl (C=O) groups is 1. The molecule has 3 rings (SSSR count). The van der Waals surface area contributed by atoms with Gasteiger partial charge in [0, 0.05) is 5.41 Å². The first-order valence-electron chi connectivity index (χ1n) is 9.32. The molecule has 0 spiro atoms. The number of carboxylic acid groups (broad SMARTS) is 1. The van der Waals surface area contributed by atoms with Gasteiger partial charge in [-0.05, 0) is 64.3 Å². The molecule has 0 saturated heterocycles. The zero-order chi connectivity index (χ0) is 20.1. The largest absolute Gasteiger partial charge is 0.478 e. The summed E-state index contributed by atoms with van der Waals surface area (Å²) in [6.45, 7) is 14.9. The van der Waals surface area contributed by atoms with Crippen LogP contribution < -0.4 is 0 Å². The van der Waals surface area contributed by atoms with Gasteiger partial charge in [0.2, 0.25) is 0 Å². The van der Waals surface area contributed by atoms with Crippen LogP contribution in [0.25, 0.3) is 5.57 Å². The van der Waals surface area contributed by atoms with Crippen molar-refractivity contribution in [2.24, 2.45) is 0 Å². The molecule has 0 saturated carbocycles. The molecular formula is C24H28O3. The fourth-order valence-electron chi connectivity index (χ4n) is 4.12. The summed E-state index contributed by atoms with van der Waals surface area (Å²) < 4.78 is 0. The van der Waals surface area contributed by atoms with Crippen LogP contribution in [0, 0.1) is 6.92 Å². The molecule has 3 nitrogen and oxygen atoms in total. The molecular weight excluding hydrogens is 336 g/mol. The van der Waals surface area contributed by atoms with Gasteiger partial charge < -0.3 is 10.2 Å². The number of aromatic carboxylic acids is 1. The van der Waals surface area contributed by atoms with E-state index in [0.717, 1.165) is 28.7 Å². The SMILES string of the molecule is C=C(c1ccc(C(=O)O)cc1)c1cc2c(cc1C)C(C)(C)[C@H](O)CC2(C)C. The molecule has 2 aromatic rings. The van der Waals surface area contributed by atoms with Crippen molar-refractivity contribution in [3.8, 4) is 0 Å². The minimum Gasteiger partial charge on any atom is -0.478 e. The number of benzene rings is 2. The van der Waals surface area contributed by atoms with Gasteiger partial charge >= 0.3 is 5.97 Å². The average Bonchev–Trinajstić information content (AvgIpc) is 2.59. The van der Waals surface area contributed by atoms with E-state index in [9.17, 15) is 9.90 Å². The van der Waals surface area contributed by atoms with Crippen molar-refractivity contribution in [1.82, 2.24) is 0 Å². The zero-order valence-corrected chi connectivity index (χ0v) is 16.8. The highest BCUT2D eigenvalue weighted by Crippen LogP contribution is 2.47. The third-order valence-corrected chi connectivity index (χ3v) is 6.13. The van der Waals surface area contributed by atoms with Crippen LogP contribution in [-0.4, -0.2) is 22.3 Å². The number of hydrogen-bond donors (Lipinski definition) is 2. The van der Waals surface area contributed by atoms with E-state index < -0.39 is 5.97 Å².